The number of amides is 1. The second-order valence-corrected chi connectivity index (χ2v) is 5.91. The van der Waals surface area contributed by atoms with E-state index in [9.17, 15) is 4.79 Å². The highest BCUT2D eigenvalue weighted by atomic mass is 16.5. The Morgan fingerprint density at radius 3 is 2.42 bits per heavy atom. The number of rotatable bonds is 4. The van der Waals surface area contributed by atoms with Gasteiger partial charge in [0.25, 0.3) is 0 Å². The Kier molecular flexibility index (Phi) is 4.74. The number of nitrogens with zero attached hydrogens (tertiary/aromatic N) is 1. The molecule has 4 nitrogen and oxygen atoms in total. The average molecular weight is 325 g/mol. The number of benzene rings is 2. The second kappa shape index (κ2) is 6.95. The van der Waals surface area contributed by atoms with E-state index in [4.69, 9.17) is 9.47 Å². The molecule has 2 aromatic rings. The molecule has 1 unspecified atom stereocenters. The lowest BCUT2D eigenvalue weighted by atomic mass is 9.87. The highest BCUT2D eigenvalue weighted by Gasteiger charge is 2.32. The minimum absolute atomic E-state index is 0.0813. The first-order valence-electron chi connectivity index (χ1n) is 8.28. The number of hydrogen-bond donors (Lipinski definition) is 0. The van der Waals surface area contributed by atoms with Crippen LogP contribution in [0.1, 0.15) is 36.1 Å². The lowest BCUT2D eigenvalue weighted by Crippen LogP contribution is -2.40. The van der Waals surface area contributed by atoms with Crippen molar-refractivity contribution in [3.8, 4) is 11.5 Å². The van der Waals surface area contributed by atoms with Crippen molar-refractivity contribution in [3.05, 3.63) is 59.2 Å². The van der Waals surface area contributed by atoms with Crippen LogP contribution in [0.15, 0.2) is 42.5 Å². The first-order valence-corrected chi connectivity index (χ1v) is 8.28. The van der Waals surface area contributed by atoms with Gasteiger partial charge in [0.2, 0.25) is 5.91 Å². The maximum absolute atomic E-state index is 12.5. The molecule has 1 atom stereocenters. The van der Waals surface area contributed by atoms with Gasteiger partial charge in [0.15, 0.2) is 11.5 Å². The van der Waals surface area contributed by atoms with Crippen molar-refractivity contribution in [2.45, 2.75) is 25.8 Å². The van der Waals surface area contributed by atoms with Gasteiger partial charge >= 0.3 is 0 Å². The molecular formula is C20H23NO3. The van der Waals surface area contributed by atoms with E-state index in [2.05, 4.69) is 12.1 Å². The smallest absolute Gasteiger partial charge is 0.223 e. The van der Waals surface area contributed by atoms with Crippen molar-refractivity contribution in [2.24, 2.45) is 0 Å². The summed E-state index contributed by atoms with van der Waals surface area (Å²) in [6.45, 7) is 2.63. The van der Waals surface area contributed by atoms with Crippen LogP contribution in [0, 0.1) is 0 Å². The molecule has 126 valence electrons. The number of carbonyl (C=O) groups is 1. The van der Waals surface area contributed by atoms with Crippen molar-refractivity contribution in [2.75, 3.05) is 20.8 Å². The Morgan fingerprint density at radius 1 is 1.12 bits per heavy atom. The van der Waals surface area contributed by atoms with Gasteiger partial charge in [-0.1, -0.05) is 37.3 Å². The van der Waals surface area contributed by atoms with E-state index in [1.54, 1.807) is 14.2 Å². The summed E-state index contributed by atoms with van der Waals surface area (Å²) in [7, 11) is 3.29. The molecule has 1 aliphatic heterocycles. The third kappa shape index (κ3) is 2.84. The van der Waals surface area contributed by atoms with Crippen LogP contribution in [-0.4, -0.2) is 31.6 Å². The van der Waals surface area contributed by atoms with Crippen molar-refractivity contribution in [3.63, 3.8) is 0 Å². The third-order valence-electron chi connectivity index (χ3n) is 4.61. The Morgan fingerprint density at radius 2 is 1.79 bits per heavy atom. The lowest BCUT2D eigenvalue weighted by molar-refractivity contribution is -0.132. The molecule has 3 rings (SSSR count). The SMILES string of the molecule is CCC(=O)N1CCc2cc(OC)c(OC)cc2C1c1ccccc1. The summed E-state index contributed by atoms with van der Waals surface area (Å²) in [5, 5.41) is 0. The zero-order chi connectivity index (χ0) is 17.1. The molecule has 24 heavy (non-hydrogen) atoms. The van der Waals surface area contributed by atoms with Crippen LogP contribution in [0.5, 0.6) is 11.5 Å². The molecule has 4 heteroatoms. The molecular weight excluding hydrogens is 302 g/mol. The number of fused-ring (bicyclic) bond motifs is 1. The summed E-state index contributed by atoms with van der Waals surface area (Å²) >= 11 is 0. The first kappa shape index (κ1) is 16.4. The Balaban J connectivity index is 2.15. The molecule has 2 aromatic carbocycles. The number of hydrogen-bond acceptors (Lipinski definition) is 3. The normalized spacial score (nSPS) is 16.5. The standard InChI is InChI=1S/C20H23NO3/c1-4-19(22)21-11-10-15-12-17(23-2)18(24-3)13-16(15)20(21)14-8-6-5-7-9-14/h5-9,12-13,20H,4,10-11H2,1-3H3. The van der Waals surface area contributed by atoms with Gasteiger partial charge in [-0.2, -0.15) is 0 Å². The van der Waals surface area contributed by atoms with Crippen molar-refractivity contribution < 1.29 is 14.3 Å². The molecule has 0 spiro atoms. The van der Waals surface area contributed by atoms with E-state index in [0.29, 0.717) is 18.7 Å². The summed E-state index contributed by atoms with van der Waals surface area (Å²) in [4.78, 5) is 14.5. The summed E-state index contributed by atoms with van der Waals surface area (Å²) in [6, 6.07) is 14.1. The molecule has 1 heterocycles. The van der Waals surface area contributed by atoms with Gasteiger partial charge in [-0.25, -0.2) is 0 Å². The van der Waals surface area contributed by atoms with Crippen molar-refractivity contribution >= 4 is 5.91 Å². The number of methoxy groups -OCH3 is 2. The average Bonchev–Trinajstić information content (AvgIpc) is 2.65. The second-order valence-electron chi connectivity index (χ2n) is 5.91. The number of carbonyl (C=O) groups excluding carboxylic acids is 1. The fourth-order valence-electron chi connectivity index (χ4n) is 3.41. The Bertz CT molecular complexity index is 727. The Hall–Kier alpha value is -2.49. The monoisotopic (exact) mass is 325 g/mol. The van der Waals surface area contributed by atoms with Gasteiger partial charge in [0.05, 0.1) is 20.3 Å². The molecule has 1 amide bonds. The molecule has 0 fully saturated rings. The molecule has 0 N–H and O–H groups in total. The fraction of sp³-hybridized carbons (Fsp3) is 0.350. The van der Waals surface area contributed by atoms with Gasteiger partial charge in [-0.3, -0.25) is 4.79 Å². The fourth-order valence-corrected chi connectivity index (χ4v) is 3.41. The van der Waals surface area contributed by atoms with Gasteiger partial charge in [0, 0.05) is 13.0 Å². The van der Waals surface area contributed by atoms with Gasteiger partial charge in [-0.05, 0) is 35.2 Å². The topological polar surface area (TPSA) is 38.8 Å². The highest BCUT2D eigenvalue weighted by molar-refractivity contribution is 5.77. The van der Waals surface area contributed by atoms with Crippen LogP contribution in [0.2, 0.25) is 0 Å². The summed E-state index contributed by atoms with van der Waals surface area (Å²) in [5.41, 5.74) is 3.45. The van der Waals surface area contributed by atoms with Crippen LogP contribution in [-0.2, 0) is 11.2 Å². The molecule has 0 radical (unpaired) electrons. The maximum Gasteiger partial charge on any atom is 0.223 e. The lowest BCUT2D eigenvalue weighted by Gasteiger charge is -2.38. The zero-order valence-electron chi connectivity index (χ0n) is 14.4. The molecule has 0 saturated heterocycles. The van der Waals surface area contributed by atoms with Gasteiger partial charge in [-0.15, -0.1) is 0 Å². The highest BCUT2D eigenvalue weighted by Crippen LogP contribution is 2.41. The molecule has 0 aromatic heterocycles. The molecule has 0 aliphatic carbocycles. The molecule has 1 aliphatic rings. The minimum atomic E-state index is -0.0813. The van der Waals surface area contributed by atoms with Crippen molar-refractivity contribution in [1.82, 2.24) is 4.90 Å². The first-order chi connectivity index (χ1) is 11.7. The summed E-state index contributed by atoms with van der Waals surface area (Å²) in [5.74, 6) is 1.60. The summed E-state index contributed by atoms with van der Waals surface area (Å²) in [6.07, 6.45) is 1.33. The largest absolute Gasteiger partial charge is 0.493 e. The predicted octanol–water partition coefficient (Wildman–Crippen LogP) is 3.59. The Labute approximate surface area is 143 Å². The van der Waals surface area contributed by atoms with E-state index in [1.807, 2.05) is 42.2 Å². The van der Waals surface area contributed by atoms with Crippen molar-refractivity contribution in [1.29, 1.82) is 0 Å². The van der Waals surface area contributed by atoms with Crippen LogP contribution >= 0.6 is 0 Å². The molecule has 0 saturated carbocycles. The van der Waals surface area contributed by atoms with Crippen LogP contribution in [0.25, 0.3) is 0 Å². The minimum Gasteiger partial charge on any atom is -0.493 e. The van der Waals surface area contributed by atoms with E-state index >= 15 is 0 Å². The van der Waals surface area contributed by atoms with Gasteiger partial charge < -0.3 is 14.4 Å². The van der Waals surface area contributed by atoms with E-state index in [-0.39, 0.29) is 11.9 Å². The van der Waals surface area contributed by atoms with E-state index < -0.39 is 0 Å². The predicted molar refractivity (Wildman–Crippen MR) is 93.5 cm³/mol. The zero-order valence-corrected chi connectivity index (χ0v) is 14.4. The van der Waals surface area contributed by atoms with Crippen LogP contribution < -0.4 is 9.47 Å². The number of ether oxygens (including phenoxy) is 2. The summed E-state index contributed by atoms with van der Waals surface area (Å²) < 4.78 is 10.9. The maximum atomic E-state index is 12.5. The van der Waals surface area contributed by atoms with E-state index in [0.717, 1.165) is 23.3 Å². The van der Waals surface area contributed by atoms with Crippen LogP contribution in [0.4, 0.5) is 0 Å². The van der Waals surface area contributed by atoms with Crippen LogP contribution in [0.3, 0.4) is 0 Å². The third-order valence-corrected chi connectivity index (χ3v) is 4.61. The van der Waals surface area contributed by atoms with Gasteiger partial charge in [0.1, 0.15) is 0 Å². The molecule has 0 bridgehead atoms. The quantitative estimate of drug-likeness (QED) is 0.862. The van der Waals surface area contributed by atoms with E-state index in [1.165, 1.54) is 5.56 Å².